The molecule has 0 bridgehead atoms. The average molecular weight is 246 g/mol. The maximum atomic E-state index is 13.5. The first-order chi connectivity index (χ1) is 7.69. The number of nitrogens with zero attached hydrogens (tertiary/aromatic N) is 2. The molecule has 3 nitrogen and oxygen atoms in total. The van der Waals surface area contributed by atoms with Crippen LogP contribution in [0.15, 0.2) is 6.33 Å². The second kappa shape index (κ2) is 6.63. The van der Waals surface area contributed by atoms with Gasteiger partial charge in [0.05, 0.1) is 5.69 Å². The Labute approximate surface area is 100 Å². The molecule has 0 saturated carbocycles. The normalized spacial score (nSPS) is 12.5. The van der Waals surface area contributed by atoms with Crippen LogP contribution in [-0.2, 0) is 0 Å². The van der Waals surface area contributed by atoms with E-state index in [2.05, 4.69) is 22.2 Å². The van der Waals surface area contributed by atoms with Gasteiger partial charge in [0.2, 0.25) is 0 Å². The summed E-state index contributed by atoms with van der Waals surface area (Å²) in [4.78, 5) is 7.65. The van der Waals surface area contributed by atoms with Crippen molar-refractivity contribution in [3.63, 3.8) is 0 Å². The summed E-state index contributed by atoms with van der Waals surface area (Å²) in [6.07, 6.45) is 3.31. The first kappa shape index (κ1) is 13.2. The van der Waals surface area contributed by atoms with E-state index in [1.165, 1.54) is 6.33 Å². The highest BCUT2D eigenvalue weighted by Gasteiger charge is 2.10. The standard InChI is InChI=1S/C11H17ClFN3/c1-3-9(4-5-12)6-14-11-10(13)8(2)15-7-16-11/h7,9H,3-6H2,1-2H3,(H,14,15,16). The summed E-state index contributed by atoms with van der Waals surface area (Å²) < 4.78 is 13.5. The number of aryl methyl sites for hydroxylation is 1. The monoisotopic (exact) mass is 245 g/mol. The number of anilines is 1. The lowest BCUT2D eigenvalue weighted by Crippen LogP contribution is -2.16. The molecule has 0 aliphatic rings. The van der Waals surface area contributed by atoms with Crippen molar-refractivity contribution < 1.29 is 4.39 Å². The van der Waals surface area contributed by atoms with Crippen LogP contribution >= 0.6 is 11.6 Å². The van der Waals surface area contributed by atoms with Gasteiger partial charge in [-0.3, -0.25) is 0 Å². The summed E-state index contributed by atoms with van der Waals surface area (Å²) in [5.41, 5.74) is 0.364. The molecule has 5 heteroatoms. The van der Waals surface area contributed by atoms with Gasteiger partial charge in [0.1, 0.15) is 6.33 Å². The van der Waals surface area contributed by atoms with E-state index >= 15 is 0 Å². The molecule has 0 aliphatic heterocycles. The zero-order valence-corrected chi connectivity index (χ0v) is 10.4. The third-order valence-corrected chi connectivity index (χ3v) is 2.83. The zero-order valence-electron chi connectivity index (χ0n) is 9.63. The molecule has 1 N–H and O–H groups in total. The molecule has 1 unspecified atom stereocenters. The van der Waals surface area contributed by atoms with Crippen LogP contribution < -0.4 is 5.32 Å². The minimum Gasteiger partial charge on any atom is -0.367 e. The van der Waals surface area contributed by atoms with Gasteiger partial charge in [-0.15, -0.1) is 11.6 Å². The zero-order chi connectivity index (χ0) is 12.0. The summed E-state index contributed by atoms with van der Waals surface area (Å²) in [5.74, 6) is 0.988. The molecule has 0 saturated heterocycles. The molecule has 1 atom stereocenters. The van der Waals surface area contributed by atoms with Crippen molar-refractivity contribution in [1.29, 1.82) is 0 Å². The Morgan fingerprint density at radius 1 is 1.50 bits per heavy atom. The van der Waals surface area contributed by atoms with Crippen LogP contribution in [0.25, 0.3) is 0 Å². The third-order valence-electron chi connectivity index (χ3n) is 2.62. The molecule has 0 aromatic carbocycles. The van der Waals surface area contributed by atoms with Crippen molar-refractivity contribution in [1.82, 2.24) is 9.97 Å². The lowest BCUT2D eigenvalue weighted by Gasteiger charge is -2.15. The fourth-order valence-corrected chi connectivity index (χ4v) is 1.74. The van der Waals surface area contributed by atoms with Gasteiger partial charge in [-0.05, 0) is 19.3 Å². The second-order valence-electron chi connectivity index (χ2n) is 3.75. The Hall–Kier alpha value is -0.900. The minimum atomic E-state index is -0.372. The SMILES string of the molecule is CCC(CCCl)CNc1ncnc(C)c1F. The maximum Gasteiger partial charge on any atom is 0.186 e. The molecule has 0 fully saturated rings. The van der Waals surface area contributed by atoms with E-state index in [0.717, 1.165) is 12.8 Å². The highest BCUT2D eigenvalue weighted by molar-refractivity contribution is 6.17. The van der Waals surface area contributed by atoms with E-state index in [4.69, 9.17) is 11.6 Å². The number of rotatable bonds is 6. The highest BCUT2D eigenvalue weighted by atomic mass is 35.5. The molecule has 0 aliphatic carbocycles. The first-order valence-electron chi connectivity index (χ1n) is 5.46. The topological polar surface area (TPSA) is 37.8 Å². The first-order valence-corrected chi connectivity index (χ1v) is 5.99. The smallest absolute Gasteiger partial charge is 0.186 e. The summed E-state index contributed by atoms with van der Waals surface area (Å²) >= 11 is 5.69. The van der Waals surface area contributed by atoms with Gasteiger partial charge in [0, 0.05) is 12.4 Å². The highest BCUT2D eigenvalue weighted by Crippen LogP contribution is 2.14. The Bertz CT molecular complexity index is 333. The van der Waals surface area contributed by atoms with Crippen molar-refractivity contribution >= 4 is 17.4 Å². The second-order valence-corrected chi connectivity index (χ2v) is 4.13. The van der Waals surface area contributed by atoms with Crippen LogP contribution in [0.5, 0.6) is 0 Å². The van der Waals surface area contributed by atoms with Crippen LogP contribution in [0.2, 0.25) is 0 Å². The van der Waals surface area contributed by atoms with Crippen LogP contribution in [0.3, 0.4) is 0 Å². The van der Waals surface area contributed by atoms with Gasteiger partial charge in [0.15, 0.2) is 11.6 Å². The summed E-state index contributed by atoms with van der Waals surface area (Å²) in [6.45, 7) is 4.41. The van der Waals surface area contributed by atoms with E-state index in [-0.39, 0.29) is 11.6 Å². The third kappa shape index (κ3) is 3.59. The van der Waals surface area contributed by atoms with E-state index in [9.17, 15) is 4.39 Å². The van der Waals surface area contributed by atoms with Crippen LogP contribution in [0, 0.1) is 18.7 Å². The Balaban J connectivity index is 2.56. The fourth-order valence-electron chi connectivity index (χ4n) is 1.43. The maximum absolute atomic E-state index is 13.5. The van der Waals surface area contributed by atoms with Gasteiger partial charge in [-0.2, -0.15) is 0 Å². The number of hydrogen-bond acceptors (Lipinski definition) is 3. The lowest BCUT2D eigenvalue weighted by atomic mass is 10.0. The molecule has 0 spiro atoms. The number of aromatic nitrogens is 2. The summed E-state index contributed by atoms with van der Waals surface area (Å²) in [6, 6.07) is 0. The number of nitrogens with one attached hydrogen (secondary N) is 1. The van der Waals surface area contributed by atoms with Crippen molar-refractivity contribution in [2.45, 2.75) is 26.7 Å². The molecule has 16 heavy (non-hydrogen) atoms. The van der Waals surface area contributed by atoms with Crippen molar-refractivity contribution in [2.75, 3.05) is 17.7 Å². The van der Waals surface area contributed by atoms with Crippen LogP contribution in [0.1, 0.15) is 25.5 Å². The number of hydrogen-bond donors (Lipinski definition) is 1. The van der Waals surface area contributed by atoms with E-state index in [0.29, 0.717) is 24.0 Å². The number of alkyl halides is 1. The predicted octanol–water partition coefficient (Wildman–Crippen LogP) is 2.99. The molecule has 0 amide bonds. The Morgan fingerprint density at radius 3 is 2.88 bits per heavy atom. The van der Waals surface area contributed by atoms with Crippen molar-refractivity contribution in [3.8, 4) is 0 Å². The minimum absolute atomic E-state index is 0.278. The van der Waals surface area contributed by atoms with E-state index in [1.807, 2.05) is 0 Å². The largest absolute Gasteiger partial charge is 0.367 e. The molecular formula is C11H17ClFN3. The van der Waals surface area contributed by atoms with Gasteiger partial charge in [0.25, 0.3) is 0 Å². The van der Waals surface area contributed by atoms with Gasteiger partial charge >= 0.3 is 0 Å². The summed E-state index contributed by atoms with van der Waals surface area (Å²) in [7, 11) is 0. The van der Waals surface area contributed by atoms with E-state index in [1.54, 1.807) is 6.92 Å². The predicted molar refractivity (Wildman–Crippen MR) is 64.3 cm³/mol. The van der Waals surface area contributed by atoms with Crippen molar-refractivity contribution in [3.05, 3.63) is 17.8 Å². The van der Waals surface area contributed by atoms with Gasteiger partial charge in [-0.25, -0.2) is 14.4 Å². The average Bonchev–Trinajstić information content (AvgIpc) is 2.29. The molecule has 1 aromatic rings. The summed E-state index contributed by atoms with van der Waals surface area (Å²) in [5, 5.41) is 3.00. The van der Waals surface area contributed by atoms with Gasteiger partial charge < -0.3 is 5.32 Å². The quantitative estimate of drug-likeness (QED) is 0.783. The Morgan fingerprint density at radius 2 is 2.25 bits per heavy atom. The fraction of sp³-hybridized carbons (Fsp3) is 0.636. The van der Waals surface area contributed by atoms with Crippen LogP contribution in [0.4, 0.5) is 10.2 Å². The molecule has 90 valence electrons. The van der Waals surface area contributed by atoms with E-state index < -0.39 is 0 Å². The van der Waals surface area contributed by atoms with Crippen LogP contribution in [-0.4, -0.2) is 22.4 Å². The lowest BCUT2D eigenvalue weighted by molar-refractivity contribution is 0.517. The molecule has 1 rings (SSSR count). The molecule has 1 heterocycles. The molecular weight excluding hydrogens is 229 g/mol. The Kier molecular flexibility index (Phi) is 5.46. The van der Waals surface area contributed by atoms with Gasteiger partial charge in [-0.1, -0.05) is 13.3 Å². The molecule has 0 radical (unpaired) electrons. The van der Waals surface area contributed by atoms with Crippen molar-refractivity contribution in [2.24, 2.45) is 5.92 Å². The number of halogens is 2. The molecule has 1 aromatic heterocycles.